The molecule has 0 unspecified atom stereocenters. The van der Waals surface area contributed by atoms with Gasteiger partial charge in [0.05, 0.1) is 17.6 Å². The summed E-state index contributed by atoms with van der Waals surface area (Å²) >= 11 is 0. The van der Waals surface area contributed by atoms with Gasteiger partial charge in [0.2, 0.25) is 0 Å². The van der Waals surface area contributed by atoms with Gasteiger partial charge in [-0.05, 0) is 51.1 Å². The van der Waals surface area contributed by atoms with Gasteiger partial charge < -0.3 is 20.0 Å². The number of H-pyrrole nitrogens is 1. The maximum absolute atomic E-state index is 12.3. The van der Waals surface area contributed by atoms with Crippen molar-refractivity contribution in [3.63, 3.8) is 0 Å². The van der Waals surface area contributed by atoms with Gasteiger partial charge in [0.15, 0.2) is 0 Å². The van der Waals surface area contributed by atoms with Crippen molar-refractivity contribution >= 4 is 17.6 Å². The van der Waals surface area contributed by atoms with Crippen molar-refractivity contribution in [2.45, 2.75) is 26.9 Å². The Labute approximate surface area is 175 Å². The molecular weight excluding hydrogens is 415 g/mol. The lowest BCUT2D eigenvalue weighted by Crippen LogP contribution is -2.21. The van der Waals surface area contributed by atoms with E-state index in [-0.39, 0.29) is 5.91 Å². The number of anilines is 1. The van der Waals surface area contributed by atoms with Crippen molar-refractivity contribution < 1.29 is 27.9 Å². The topological polar surface area (TPSA) is 124 Å². The van der Waals surface area contributed by atoms with Crippen LogP contribution in [0.2, 0.25) is 0 Å². The smallest absolute Gasteiger partial charge is 0.475 e. The number of alkyl halides is 3. The lowest BCUT2D eigenvalue weighted by molar-refractivity contribution is -0.192. The summed E-state index contributed by atoms with van der Waals surface area (Å²) in [6, 6.07) is 11.1. The van der Waals surface area contributed by atoms with Gasteiger partial charge in [-0.2, -0.15) is 18.4 Å². The van der Waals surface area contributed by atoms with E-state index < -0.39 is 12.1 Å². The van der Waals surface area contributed by atoms with Crippen molar-refractivity contribution in [3.8, 4) is 11.8 Å². The van der Waals surface area contributed by atoms with Gasteiger partial charge in [-0.15, -0.1) is 0 Å². The van der Waals surface area contributed by atoms with Crippen LogP contribution in [0.5, 0.6) is 0 Å². The molecule has 0 fully saturated rings. The van der Waals surface area contributed by atoms with Crippen LogP contribution in [-0.2, 0) is 4.79 Å². The molecule has 1 amide bonds. The molecule has 3 N–H and O–H groups in total. The third-order valence-corrected chi connectivity index (χ3v) is 4.28. The number of halogens is 3. The highest BCUT2D eigenvalue weighted by Crippen LogP contribution is 2.18. The van der Waals surface area contributed by atoms with Gasteiger partial charge in [0, 0.05) is 22.8 Å². The summed E-state index contributed by atoms with van der Waals surface area (Å²) in [6.45, 7) is 5.75. The fraction of sp³-hybridized carbons (Fsp3) is 0.200. The van der Waals surface area contributed by atoms with Gasteiger partial charge in [0.25, 0.3) is 5.91 Å². The van der Waals surface area contributed by atoms with E-state index in [0.717, 1.165) is 17.1 Å². The molecule has 0 atom stereocenters. The number of hydrogen-bond acceptors (Lipinski definition) is 4. The van der Waals surface area contributed by atoms with E-state index >= 15 is 0 Å². The Morgan fingerprint density at radius 2 is 1.77 bits per heavy atom. The number of aromatic amines is 1. The Morgan fingerprint density at radius 3 is 2.19 bits per heavy atom. The number of carboxylic acid groups (broad SMARTS) is 1. The number of aliphatic carboxylic acids is 1. The predicted molar refractivity (Wildman–Crippen MR) is 105 cm³/mol. The molecule has 0 spiro atoms. The summed E-state index contributed by atoms with van der Waals surface area (Å²) in [5.41, 5.74) is 5.26. The molecule has 0 radical (unpaired) electrons. The fourth-order valence-electron chi connectivity index (χ4n) is 2.52. The first kappa shape index (κ1) is 23.2. The highest BCUT2D eigenvalue weighted by molar-refractivity contribution is 6.05. The Balaban J connectivity index is 0.000000423. The van der Waals surface area contributed by atoms with Crippen molar-refractivity contribution in [2.24, 2.45) is 0 Å². The first-order valence-corrected chi connectivity index (χ1v) is 8.76. The Bertz CT molecular complexity index is 1140. The summed E-state index contributed by atoms with van der Waals surface area (Å²) in [4.78, 5) is 28.4. The summed E-state index contributed by atoms with van der Waals surface area (Å²) < 4.78 is 33.7. The number of carboxylic acids is 1. The van der Waals surface area contributed by atoms with Crippen LogP contribution < -0.4 is 5.32 Å². The minimum absolute atomic E-state index is 0.243. The van der Waals surface area contributed by atoms with Gasteiger partial charge in [-0.3, -0.25) is 4.79 Å². The minimum Gasteiger partial charge on any atom is -0.475 e. The number of amides is 1. The van der Waals surface area contributed by atoms with Crippen molar-refractivity contribution in [1.29, 1.82) is 5.26 Å². The van der Waals surface area contributed by atoms with E-state index in [1.807, 2.05) is 48.7 Å². The number of nitrogens with zero attached hydrogens (tertiary/aromatic N) is 3. The van der Waals surface area contributed by atoms with Crippen molar-refractivity contribution in [1.82, 2.24) is 14.5 Å². The largest absolute Gasteiger partial charge is 0.490 e. The second-order valence-electron chi connectivity index (χ2n) is 6.42. The van der Waals surface area contributed by atoms with Crippen LogP contribution in [-0.4, -0.2) is 37.7 Å². The minimum atomic E-state index is -5.08. The maximum Gasteiger partial charge on any atom is 0.490 e. The third kappa shape index (κ3) is 5.72. The van der Waals surface area contributed by atoms with Gasteiger partial charge in [0.1, 0.15) is 11.8 Å². The number of nitrogens with one attached hydrogen (secondary N) is 2. The van der Waals surface area contributed by atoms with E-state index in [0.29, 0.717) is 22.6 Å². The van der Waals surface area contributed by atoms with E-state index in [1.54, 1.807) is 19.3 Å². The number of nitriles is 1. The van der Waals surface area contributed by atoms with Crippen LogP contribution in [0.3, 0.4) is 0 Å². The van der Waals surface area contributed by atoms with E-state index in [1.165, 1.54) is 0 Å². The van der Waals surface area contributed by atoms with Crippen LogP contribution in [0.25, 0.3) is 5.69 Å². The second-order valence-corrected chi connectivity index (χ2v) is 6.42. The summed E-state index contributed by atoms with van der Waals surface area (Å²) in [7, 11) is 0. The monoisotopic (exact) mass is 433 g/mol. The molecule has 2 heterocycles. The number of imidazole rings is 1. The average molecular weight is 433 g/mol. The van der Waals surface area contributed by atoms with Gasteiger partial charge in [-0.25, -0.2) is 9.78 Å². The van der Waals surface area contributed by atoms with Crippen molar-refractivity contribution in [2.75, 3.05) is 5.32 Å². The highest BCUT2D eigenvalue weighted by atomic mass is 19.4. The zero-order valence-electron chi connectivity index (χ0n) is 16.7. The Kier molecular flexibility index (Phi) is 6.86. The van der Waals surface area contributed by atoms with Crippen LogP contribution in [0.15, 0.2) is 36.7 Å². The third-order valence-electron chi connectivity index (χ3n) is 4.28. The number of aryl methyl sites for hydroxylation is 2. The SMILES string of the molecule is Cc1ncn(-c2ccc(NC(=O)c3cc(C#N)[nH]c3C)cc2)c1C.O=C(O)C(F)(F)F. The second kappa shape index (κ2) is 9.17. The molecule has 0 saturated heterocycles. The Morgan fingerprint density at radius 1 is 1.19 bits per heavy atom. The lowest BCUT2D eigenvalue weighted by atomic mass is 10.2. The molecule has 0 bridgehead atoms. The zero-order chi connectivity index (χ0) is 23.3. The normalized spacial score (nSPS) is 10.6. The lowest BCUT2D eigenvalue weighted by Gasteiger charge is -2.08. The molecule has 31 heavy (non-hydrogen) atoms. The number of hydrogen-bond donors (Lipinski definition) is 3. The van der Waals surface area contributed by atoms with E-state index in [4.69, 9.17) is 15.2 Å². The highest BCUT2D eigenvalue weighted by Gasteiger charge is 2.38. The molecule has 0 saturated carbocycles. The zero-order valence-corrected chi connectivity index (χ0v) is 16.7. The predicted octanol–water partition coefficient (Wildman–Crippen LogP) is 3.88. The number of rotatable bonds is 3. The fourth-order valence-corrected chi connectivity index (χ4v) is 2.52. The number of carbonyl (C=O) groups excluding carboxylic acids is 1. The van der Waals surface area contributed by atoms with Crippen molar-refractivity contribution in [3.05, 3.63) is 65.0 Å². The molecule has 3 rings (SSSR count). The molecule has 1 aromatic carbocycles. The maximum atomic E-state index is 12.3. The summed E-state index contributed by atoms with van der Waals surface area (Å²) in [5, 5.41) is 18.9. The first-order valence-electron chi connectivity index (χ1n) is 8.76. The van der Waals surface area contributed by atoms with E-state index in [9.17, 15) is 18.0 Å². The molecule has 2 aromatic heterocycles. The van der Waals surface area contributed by atoms with Crippen LogP contribution >= 0.6 is 0 Å². The number of carbonyl (C=O) groups is 2. The summed E-state index contributed by atoms with van der Waals surface area (Å²) in [5.74, 6) is -3.00. The van der Waals surface area contributed by atoms with Gasteiger partial charge in [-0.1, -0.05) is 0 Å². The first-order chi connectivity index (χ1) is 14.4. The standard InChI is InChI=1S/C18H17N5O.C2HF3O2/c1-11-13(3)23(10-20-11)16-6-4-14(5-7-16)22-18(24)17-8-15(9-19)21-12(17)2;3-2(4,5)1(6)7/h4-8,10,21H,1-3H3,(H,22,24);(H,6,7). The van der Waals surface area contributed by atoms with Crippen LogP contribution in [0, 0.1) is 32.1 Å². The molecular formula is C20H18F3N5O3. The quantitative estimate of drug-likeness (QED) is 0.578. The average Bonchev–Trinajstić information content (AvgIpc) is 3.24. The Hall–Kier alpha value is -4.07. The van der Waals surface area contributed by atoms with Crippen LogP contribution in [0.4, 0.5) is 18.9 Å². The molecule has 0 aliphatic rings. The summed E-state index contributed by atoms with van der Waals surface area (Å²) in [6.07, 6.45) is -3.30. The molecule has 0 aliphatic heterocycles. The molecule has 162 valence electrons. The number of benzene rings is 1. The molecule has 0 aliphatic carbocycles. The number of aromatic nitrogens is 3. The molecule has 3 aromatic rings. The molecule has 8 nitrogen and oxygen atoms in total. The molecule has 11 heteroatoms. The van der Waals surface area contributed by atoms with E-state index in [2.05, 4.69) is 15.3 Å². The van der Waals surface area contributed by atoms with Crippen LogP contribution in [0.1, 0.15) is 33.1 Å². The van der Waals surface area contributed by atoms with Gasteiger partial charge >= 0.3 is 12.1 Å².